The number of sulfonamides is 1. The summed E-state index contributed by atoms with van der Waals surface area (Å²) in [6.07, 6.45) is 0.987. The molecule has 1 N–H and O–H groups in total. The lowest BCUT2D eigenvalue weighted by Crippen LogP contribution is -2.18. The zero-order valence-corrected chi connectivity index (χ0v) is 17.7. The number of benzene rings is 2. The summed E-state index contributed by atoms with van der Waals surface area (Å²) in [5, 5.41) is 0. The number of carbonyl (C=O) groups is 2. The van der Waals surface area contributed by atoms with E-state index in [1.807, 2.05) is 48.7 Å². The molecule has 0 radical (unpaired) electrons. The van der Waals surface area contributed by atoms with E-state index in [1.54, 1.807) is 18.2 Å². The standard InChI is InChI=1S/C22H22N2O5S/c1-15-13-19(16(2)24(15)17-9-5-4-6-10-17)21(25)14-29-22(26)18-11-7-8-12-20(18)23-30(3,27)28/h4-13,23H,14H2,1-3H3. The van der Waals surface area contributed by atoms with Gasteiger partial charge < -0.3 is 9.30 Å². The highest BCUT2D eigenvalue weighted by atomic mass is 32.2. The number of nitrogens with one attached hydrogen (secondary N) is 1. The van der Waals surface area contributed by atoms with Crippen molar-refractivity contribution in [1.29, 1.82) is 0 Å². The van der Waals surface area contributed by atoms with Crippen molar-refractivity contribution in [3.63, 3.8) is 0 Å². The van der Waals surface area contributed by atoms with Crippen molar-refractivity contribution >= 4 is 27.5 Å². The summed E-state index contributed by atoms with van der Waals surface area (Å²) in [4.78, 5) is 25.2. The van der Waals surface area contributed by atoms with Crippen LogP contribution in [0.4, 0.5) is 5.69 Å². The second-order valence-electron chi connectivity index (χ2n) is 6.87. The minimum Gasteiger partial charge on any atom is -0.454 e. The molecule has 0 saturated carbocycles. The maximum absolute atomic E-state index is 12.7. The topological polar surface area (TPSA) is 94.5 Å². The van der Waals surface area contributed by atoms with Crippen LogP contribution in [0.25, 0.3) is 5.69 Å². The summed E-state index contributed by atoms with van der Waals surface area (Å²) in [7, 11) is -3.57. The van der Waals surface area contributed by atoms with Gasteiger partial charge in [-0.05, 0) is 44.2 Å². The molecule has 7 nitrogen and oxygen atoms in total. The third-order valence-electron chi connectivity index (χ3n) is 4.52. The number of nitrogens with zero attached hydrogens (tertiary/aromatic N) is 1. The predicted molar refractivity (Wildman–Crippen MR) is 115 cm³/mol. The van der Waals surface area contributed by atoms with Crippen LogP contribution < -0.4 is 4.72 Å². The van der Waals surface area contributed by atoms with Crippen molar-refractivity contribution < 1.29 is 22.7 Å². The molecule has 3 aromatic rings. The first kappa shape index (κ1) is 21.3. The van der Waals surface area contributed by atoms with Crippen LogP contribution in [-0.2, 0) is 14.8 Å². The van der Waals surface area contributed by atoms with E-state index in [0.717, 1.165) is 23.3 Å². The highest BCUT2D eigenvalue weighted by Crippen LogP contribution is 2.22. The maximum Gasteiger partial charge on any atom is 0.340 e. The number of hydrogen-bond donors (Lipinski definition) is 1. The minimum atomic E-state index is -3.57. The second-order valence-corrected chi connectivity index (χ2v) is 8.62. The largest absolute Gasteiger partial charge is 0.454 e. The summed E-state index contributed by atoms with van der Waals surface area (Å²) >= 11 is 0. The lowest BCUT2D eigenvalue weighted by molar-refractivity contribution is 0.0475. The molecule has 1 aromatic heterocycles. The average molecular weight is 426 g/mol. The van der Waals surface area contributed by atoms with Gasteiger partial charge in [-0.1, -0.05) is 30.3 Å². The number of esters is 1. The Balaban J connectivity index is 1.77. The quantitative estimate of drug-likeness (QED) is 0.461. The summed E-state index contributed by atoms with van der Waals surface area (Å²) in [6, 6.07) is 17.5. The van der Waals surface area contributed by atoms with Gasteiger partial charge in [-0.15, -0.1) is 0 Å². The zero-order valence-electron chi connectivity index (χ0n) is 16.9. The normalized spacial score (nSPS) is 11.2. The van der Waals surface area contributed by atoms with Crippen LogP contribution in [0.15, 0.2) is 60.7 Å². The molecule has 2 aromatic carbocycles. The molecule has 0 spiro atoms. The summed E-state index contributed by atoms with van der Waals surface area (Å²) in [5.41, 5.74) is 3.16. The number of Topliss-reactive ketones (excluding diaryl/α,β-unsaturated/α-hetero) is 1. The van der Waals surface area contributed by atoms with Crippen LogP contribution in [-0.4, -0.2) is 37.6 Å². The fourth-order valence-electron chi connectivity index (χ4n) is 3.26. The molecular weight excluding hydrogens is 404 g/mol. The highest BCUT2D eigenvalue weighted by molar-refractivity contribution is 7.92. The summed E-state index contributed by atoms with van der Waals surface area (Å²) in [6.45, 7) is 3.28. The van der Waals surface area contributed by atoms with E-state index in [1.165, 1.54) is 12.1 Å². The molecule has 0 atom stereocenters. The molecule has 0 unspecified atom stereocenters. The second kappa shape index (κ2) is 8.54. The molecule has 8 heteroatoms. The van der Waals surface area contributed by atoms with Gasteiger partial charge in [-0.3, -0.25) is 9.52 Å². The van der Waals surface area contributed by atoms with Gasteiger partial charge in [-0.2, -0.15) is 0 Å². The number of anilines is 1. The van der Waals surface area contributed by atoms with Crippen LogP contribution in [0, 0.1) is 13.8 Å². The fourth-order valence-corrected chi connectivity index (χ4v) is 3.83. The Kier molecular flexibility index (Phi) is 6.07. The van der Waals surface area contributed by atoms with E-state index in [2.05, 4.69) is 4.72 Å². The third kappa shape index (κ3) is 4.77. The van der Waals surface area contributed by atoms with Crippen molar-refractivity contribution in [2.24, 2.45) is 0 Å². The van der Waals surface area contributed by atoms with Gasteiger partial charge in [0.1, 0.15) is 0 Å². The van der Waals surface area contributed by atoms with Crippen LogP contribution in [0.1, 0.15) is 32.1 Å². The van der Waals surface area contributed by atoms with Crippen LogP contribution in [0.3, 0.4) is 0 Å². The Morgan fingerprint density at radius 1 is 0.967 bits per heavy atom. The Labute approximate surface area is 175 Å². The van der Waals surface area contributed by atoms with Gasteiger partial charge in [0.15, 0.2) is 6.61 Å². The molecule has 156 valence electrons. The van der Waals surface area contributed by atoms with Crippen molar-refractivity contribution in [3.05, 3.63) is 83.2 Å². The number of ether oxygens (including phenoxy) is 1. The van der Waals surface area contributed by atoms with Gasteiger partial charge in [0.2, 0.25) is 15.8 Å². The van der Waals surface area contributed by atoms with Crippen LogP contribution in [0.5, 0.6) is 0 Å². The number of ketones is 1. The Morgan fingerprint density at radius 2 is 1.60 bits per heavy atom. The van der Waals surface area contributed by atoms with Gasteiger partial charge in [0, 0.05) is 22.6 Å². The molecule has 0 aliphatic heterocycles. The predicted octanol–water partition coefficient (Wildman–Crippen LogP) is 3.51. The first-order valence-electron chi connectivity index (χ1n) is 9.19. The molecular formula is C22H22N2O5S. The summed E-state index contributed by atoms with van der Waals surface area (Å²) < 4.78 is 32.4. The third-order valence-corrected chi connectivity index (χ3v) is 5.11. The maximum atomic E-state index is 12.7. The molecule has 3 rings (SSSR count). The van der Waals surface area contributed by atoms with E-state index >= 15 is 0 Å². The lowest BCUT2D eigenvalue weighted by atomic mass is 10.1. The molecule has 30 heavy (non-hydrogen) atoms. The van der Waals surface area contributed by atoms with E-state index in [-0.39, 0.29) is 17.0 Å². The van der Waals surface area contributed by atoms with Crippen molar-refractivity contribution in [2.45, 2.75) is 13.8 Å². The summed E-state index contributed by atoms with van der Waals surface area (Å²) in [5.74, 6) is -1.13. The minimum absolute atomic E-state index is 0.0329. The molecule has 1 heterocycles. The molecule has 0 bridgehead atoms. The average Bonchev–Trinajstić information content (AvgIpc) is 3.00. The van der Waals surface area contributed by atoms with Crippen molar-refractivity contribution in [1.82, 2.24) is 4.57 Å². The zero-order chi connectivity index (χ0) is 21.9. The molecule has 0 amide bonds. The molecule has 0 saturated heterocycles. The van der Waals surface area contributed by atoms with E-state index in [0.29, 0.717) is 5.56 Å². The van der Waals surface area contributed by atoms with Crippen molar-refractivity contribution in [3.8, 4) is 5.69 Å². The van der Waals surface area contributed by atoms with E-state index in [4.69, 9.17) is 4.74 Å². The Hall–Kier alpha value is -3.39. The van der Waals surface area contributed by atoms with Crippen LogP contribution in [0.2, 0.25) is 0 Å². The first-order chi connectivity index (χ1) is 14.2. The SMILES string of the molecule is Cc1cc(C(=O)COC(=O)c2ccccc2NS(C)(=O)=O)c(C)n1-c1ccccc1. The highest BCUT2D eigenvalue weighted by Gasteiger charge is 2.20. The van der Waals surface area contributed by atoms with Gasteiger partial charge in [0.05, 0.1) is 17.5 Å². The number of aromatic nitrogens is 1. The van der Waals surface area contributed by atoms with Gasteiger partial charge in [-0.25, -0.2) is 13.2 Å². The monoisotopic (exact) mass is 426 g/mol. The van der Waals surface area contributed by atoms with Gasteiger partial charge in [0.25, 0.3) is 0 Å². The number of para-hydroxylation sites is 2. The molecule has 0 aliphatic rings. The fraction of sp³-hybridized carbons (Fsp3) is 0.182. The first-order valence-corrected chi connectivity index (χ1v) is 11.1. The van der Waals surface area contributed by atoms with Gasteiger partial charge >= 0.3 is 5.97 Å². The van der Waals surface area contributed by atoms with Crippen molar-refractivity contribution in [2.75, 3.05) is 17.6 Å². The number of rotatable bonds is 7. The Bertz CT molecular complexity index is 1200. The molecule has 0 aliphatic carbocycles. The van der Waals surface area contributed by atoms with E-state index < -0.39 is 22.6 Å². The lowest BCUT2D eigenvalue weighted by Gasteiger charge is -2.11. The van der Waals surface area contributed by atoms with E-state index in [9.17, 15) is 18.0 Å². The number of aryl methyl sites for hydroxylation is 1. The smallest absolute Gasteiger partial charge is 0.340 e. The van der Waals surface area contributed by atoms with Crippen LogP contribution >= 0.6 is 0 Å². The number of carbonyl (C=O) groups excluding carboxylic acids is 2. The molecule has 0 fully saturated rings. The Morgan fingerprint density at radius 3 is 2.27 bits per heavy atom. The number of hydrogen-bond acceptors (Lipinski definition) is 5.